The summed E-state index contributed by atoms with van der Waals surface area (Å²) in [5.41, 5.74) is 0.581. The second-order valence-electron chi connectivity index (χ2n) is 7.55. The molecule has 0 atom stereocenters. The number of thiol groups is 1. The zero-order chi connectivity index (χ0) is 14.4. The van der Waals surface area contributed by atoms with Crippen molar-refractivity contribution in [3.8, 4) is 0 Å². The monoisotopic (exact) mass is 275 g/mol. The van der Waals surface area contributed by atoms with Crippen molar-refractivity contribution in [3.05, 3.63) is 0 Å². The van der Waals surface area contributed by atoms with E-state index in [1.54, 1.807) is 0 Å². The van der Waals surface area contributed by atoms with Crippen LogP contribution in [0.4, 0.5) is 0 Å². The molecule has 110 valence electrons. The number of rotatable bonds is 7. The van der Waals surface area contributed by atoms with E-state index in [0.717, 1.165) is 25.1 Å². The van der Waals surface area contributed by atoms with Crippen LogP contribution in [0.15, 0.2) is 0 Å². The van der Waals surface area contributed by atoms with E-state index in [9.17, 15) is 4.79 Å². The van der Waals surface area contributed by atoms with E-state index in [-0.39, 0.29) is 22.2 Å². The maximum atomic E-state index is 11.7. The molecule has 0 aliphatic rings. The summed E-state index contributed by atoms with van der Waals surface area (Å²) in [6, 6.07) is 0. The van der Waals surface area contributed by atoms with Gasteiger partial charge < -0.3 is 5.32 Å². The van der Waals surface area contributed by atoms with Gasteiger partial charge in [-0.25, -0.2) is 0 Å². The molecule has 3 heteroatoms. The zero-order valence-electron chi connectivity index (χ0n) is 13.4. The molecule has 0 fully saturated rings. The summed E-state index contributed by atoms with van der Waals surface area (Å²) in [4.78, 5) is 11.7. The molecule has 0 bridgehead atoms. The summed E-state index contributed by atoms with van der Waals surface area (Å²) in [5, 5.41) is 3.03. The molecule has 0 spiro atoms. The fourth-order valence-electron chi connectivity index (χ4n) is 2.48. The van der Waals surface area contributed by atoms with Crippen molar-refractivity contribution in [1.82, 2.24) is 5.32 Å². The number of hydrogen-bond donors (Lipinski definition) is 2. The van der Waals surface area contributed by atoms with Crippen molar-refractivity contribution in [2.45, 2.75) is 53.9 Å². The summed E-state index contributed by atoms with van der Waals surface area (Å²) in [6.45, 7) is 12.2. The minimum atomic E-state index is 0.104. The van der Waals surface area contributed by atoms with Crippen LogP contribution < -0.4 is 5.32 Å². The molecule has 0 unspecified atom stereocenters. The highest BCUT2D eigenvalue weighted by Gasteiger charge is 2.25. The maximum Gasteiger partial charge on any atom is 0.220 e. The predicted molar refractivity (Wildman–Crippen MR) is 85.8 cm³/mol. The van der Waals surface area contributed by atoms with Gasteiger partial charge in [-0.15, -0.1) is 0 Å². The van der Waals surface area contributed by atoms with Crippen LogP contribution in [-0.2, 0) is 4.79 Å². The molecule has 0 aromatic heterocycles. The Hall–Kier alpha value is -0.180. The Morgan fingerprint density at radius 1 is 1.11 bits per heavy atom. The topological polar surface area (TPSA) is 29.1 Å². The minimum Gasteiger partial charge on any atom is -0.355 e. The van der Waals surface area contributed by atoms with Crippen LogP contribution in [0.25, 0.3) is 0 Å². The van der Waals surface area contributed by atoms with E-state index in [1.165, 1.54) is 0 Å². The van der Waals surface area contributed by atoms with Gasteiger partial charge in [0, 0.05) is 13.0 Å². The average molecular weight is 276 g/mol. The standard InChI is InChI=1S/C15H33NOS/c1-14(2,3)12-15(4,5)9-8-13(17)16-10-11-18(6)7/h18H,8-12H2,1-7H3,(H,16,17). The molecule has 0 aliphatic heterocycles. The van der Waals surface area contributed by atoms with E-state index in [4.69, 9.17) is 0 Å². The first-order valence-electron chi connectivity index (χ1n) is 6.93. The normalized spacial score (nSPS) is 13.4. The first-order valence-corrected chi connectivity index (χ1v) is 9.35. The largest absolute Gasteiger partial charge is 0.355 e. The van der Waals surface area contributed by atoms with Gasteiger partial charge in [0.1, 0.15) is 0 Å². The molecule has 2 nitrogen and oxygen atoms in total. The highest BCUT2D eigenvalue weighted by molar-refractivity contribution is 8.15. The third-order valence-electron chi connectivity index (χ3n) is 2.92. The molecule has 0 saturated carbocycles. The third kappa shape index (κ3) is 10.9. The fourth-order valence-corrected chi connectivity index (χ4v) is 3.04. The lowest BCUT2D eigenvalue weighted by atomic mass is 9.74. The van der Waals surface area contributed by atoms with Gasteiger partial charge in [0.15, 0.2) is 0 Å². The van der Waals surface area contributed by atoms with Gasteiger partial charge in [0.2, 0.25) is 5.91 Å². The van der Waals surface area contributed by atoms with E-state index in [1.807, 2.05) is 0 Å². The van der Waals surface area contributed by atoms with Crippen LogP contribution in [0.5, 0.6) is 0 Å². The van der Waals surface area contributed by atoms with E-state index < -0.39 is 0 Å². The minimum absolute atomic E-state index is 0.104. The van der Waals surface area contributed by atoms with Gasteiger partial charge in [0.05, 0.1) is 0 Å². The summed E-state index contributed by atoms with van der Waals surface area (Å²) in [5.74, 6) is 1.35. The molecule has 0 aromatic rings. The lowest BCUT2D eigenvalue weighted by Crippen LogP contribution is -2.28. The summed E-state index contributed by atoms with van der Waals surface area (Å²) < 4.78 is 0. The van der Waals surface area contributed by atoms with E-state index in [2.05, 4.69) is 52.4 Å². The molecular formula is C15H33NOS. The van der Waals surface area contributed by atoms with Gasteiger partial charge in [-0.2, -0.15) is 0 Å². The molecule has 0 saturated heterocycles. The lowest BCUT2D eigenvalue weighted by Gasteiger charge is -2.32. The summed E-state index contributed by atoms with van der Waals surface area (Å²) >= 11 is 0. The van der Waals surface area contributed by atoms with Crippen molar-refractivity contribution in [3.63, 3.8) is 0 Å². The molecule has 0 aliphatic carbocycles. The molecular weight excluding hydrogens is 242 g/mol. The average Bonchev–Trinajstić information content (AvgIpc) is 2.10. The number of nitrogens with one attached hydrogen (secondary N) is 1. The Morgan fingerprint density at radius 2 is 1.67 bits per heavy atom. The quantitative estimate of drug-likeness (QED) is 0.683. The molecule has 1 amide bonds. The lowest BCUT2D eigenvalue weighted by molar-refractivity contribution is -0.121. The van der Waals surface area contributed by atoms with Gasteiger partial charge >= 0.3 is 0 Å². The van der Waals surface area contributed by atoms with Crippen molar-refractivity contribution >= 4 is 16.8 Å². The fraction of sp³-hybridized carbons (Fsp3) is 0.933. The highest BCUT2D eigenvalue weighted by Crippen LogP contribution is 2.36. The Kier molecular flexibility index (Phi) is 7.34. The van der Waals surface area contributed by atoms with Gasteiger partial charge in [-0.1, -0.05) is 34.6 Å². The highest BCUT2D eigenvalue weighted by atomic mass is 32.2. The first-order chi connectivity index (χ1) is 8.02. The molecule has 0 heterocycles. The van der Waals surface area contributed by atoms with Crippen LogP contribution >= 0.6 is 10.9 Å². The Labute approximate surface area is 117 Å². The summed E-state index contributed by atoms with van der Waals surface area (Å²) in [6.07, 6.45) is 7.28. The summed E-state index contributed by atoms with van der Waals surface area (Å²) in [7, 11) is 0.104. The van der Waals surface area contributed by atoms with Gasteiger partial charge in [-0.05, 0) is 41.9 Å². The Balaban J connectivity index is 3.90. The Morgan fingerprint density at radius 3 is 2.11 bits per heavy atom. The number of amides is 1. The van der Waals surface area contributed by atoms with Crippen LogP contribution in [0.2, 0.25) is 0 Å². The van der Waals surface area contributed by atoms with Gasteiger partial charge in [0.25, 0.3) is 0 Å². The smallest absolute Gasteiger partial charge is 0.220 e. The van der Waals surface area contributed by atoms with Crippen molar-refractivity contribution < 1.29 is 4.79 Å². The van der Waals surface area contributed by atoms with Gasteiger partial charge in [-0.3, -0.25) is 15.7 Å². The third-order valence-corrected chi connectivity index (χ3v) is 4.04. The molecule has 0 aromatic carbocycles. The van der Waals surface area contributed by atoms with Crippen molar-refractivity contribution in [1.29, 1.82) is 0 Å². The van der Waals surface area contributed by atoms with E-state index in [0.29, 0.717) is 11.8 Å². The number of carbonyl (C=O) groups excluding carboxylic acids is 1. The van der Waals surface area contributed by atoms with Crippen LogP contribution in [0.3, 0.4) is 0 Å². The van der Waals surface area contributed by atoms with Crippen LogP contribution in [0, 0.1) is 10.8 Å². The molecule has 0 radical (unpaired) electrons. The molecule has 0 rings (SSSR count). The van der Waals surface area contributed by atoms with Crippen molar-refractivity contribution in [2.24, 2.45) is 10.8 Å². The predicted octanol–water partition coefficient (Wildman–Crippen LogP) is 3.61. The maximum absolute atomic E-state index is 11.7. The van der Waals surface area contributed by atoms with Crippen LogP contribution in [-0.4, -0.2) is 30.7 Å². The molecule has 18 heavy (non-hydrogen) atoms. The zero-order valence-corrected chi connectivity index (χ0v) is 14.3. The number of carbonyl (C=O) groups is 1. The second-order valence-corrected chi connectivity index (χ2v) is 10.2. The first kappa shape index (κ1) is 17.8. The Bertz CT molecular complexity index is 254. The SMILES string of the molecule is C[SH](C)CCNC(=O)CCC(C)(C)CC(C)(C)C. The molecule has 1 N–H and O–H groups in total. The van der Waals surface area contributed by atoms with E-state index >= 15 is 0 Å². The van der Waals surface area contributed by atoms with Crippen LogP contribution in [0.1, 0.15) is 53.9 Å². The second kappa shape index (κ2) is 7.42. The van der Waals surface area contributed by atoms with Crippen molar-refractivity contribution in [2.75, 3.05) is 24.8 Å². The number of hydrogen-bond acceptors (Lipinski definition) is 1.